The van der Waals surface area contributed by atoms with Crippen LogP contribution in [-0.2, 0) is 13.0 Å². The Morgan fingerprint density at radius 1 is 1.30 bits per heavy atom. The van der Waals surface area contributed by atoms with Crippen molar-refractivity contribution in [2.45, 2.75) is 13.0 Å². The number of rotatable bonds is 2. The number of nitrogen functional groups attached to an aromatic ring is 1. The molecule has 2 aromatic rings. The van der Waals surface area contributed by atoms with Crippen molar-refractivity contribution >= 4 is 17.5 Å². The molecule has 0 unspecified atom stereocenters. The normalized spacial score (nSPS) is 13.9. The number of nitrogens with two attached hydrogens (primary N) is 1. The summed E-state index contributed by atoms with van der Waals surface area (Å²) in [6.45, 7) is 1.57. The lowest BCUT2D eigenvalue weighted by Gasteiger charge is -2.30. The quantitative estimate of drug-likeness (QED) is 0.870. The molecule has 0 radical (unpaired) electrons. The van der Waals surface area contributed by atoms with Gasteiger partial charge in [0, 0.05) is 13.1 Å². The zero-order chi connectivity index (χ0) is 14.1. The molecule has 1 aromatic carbocycles. The Balaban J connectivity index is 1.92. The molecule has 20 heavy (non-hydrogen) atoms. The number of pyridine rings is 1. The molecular formula is C15H15N3O2. The van der Waals surface area contributed by atoms with E-state index in [1.165, 1.54) is 17.3 Å². The fourth-order valence-electron chi connectivity index (χ4n) is 2.50. The Labute approximate surface area is 116 Å². The Morgan fingerprint density at radius 3 is 2.80 bits per heavy atom. The van der Waals surface area contributed by atoms with Crippen LogP contribution in [0.4, 0.5) is 11.5 Å². The van der Waals surface area contributed by atoms with E-state index in [2.05, 4.69) is 22.0 Å². The second-order valence-electron chi connectivity index (χ2n) is 4.88. The van der Waals surface area contributed by atoms with Crippen molar-refractivity contribution in [1.29, 1.82) is 0 Å². The van der Waals surface area contributed by atoms with Gasteiger partial charge in [-0.2, -0.15) is 0 Å². The first-order valence-corrected chi connectivity index (χ1v) is 6.45. The molecule has 5 heteroatoms. The zero-order valence-electron chi connectivity index (χ0n) is 10.9. The van der Waals surface area contributed by atoms with E-state index in [0.29, 0.717) is 5.82 Å². The van der Waals surface area contributed by atoms with Crippen LogP contribution < -0.4 is 10.6 Å². The number of hydrogen-bond donors (Lipinski definition) is 2. The first-order valence-electron chi connectivity index (χ1n) is 6.45. The number of carboxylic acids is 1. The van der Waals surface area contributed by atoms with Crippen molar-refractivity contribution in [2.75, 3.05) is 17.2 Å². The first kappa shape index (κ1) is 12.5. The van der Waals surface area contributed by atoms with E-state index in [0.717, 1.165) is 19.5 Å². The largest absolute Gasteiger partial charge is 0.478 e. The molecule has 0 bridgehead atoms. The molecule has 0 saturated carbocycles. The van der Waals surface area contributed by atoms with Gasteiger partial charge in [-0.1, -0.05) is 24.3 Å². The van der Waals surface area contributed by atoms with Crippen LogP contribution in [0.3, 0.4) is 0 Å². The lowest BCUT2D eigenvalue weighted by molar-refractivity contribution is 0.0698. The Morgan fingerprint density at radius 2 is 2.05 bits per heavy atom. The topological polar surface area (TPSA) is 79.5 Å². The maximum absolute atomic E-state index is 11.1. The standard InChI is InChI=1S/C15H15N3O2/c16-13-8-17-14(7-12(13)15(19)20)18-6-5-10-3-1-2-4-11(10)9-18/h1-4,7-8H,5-6,9,16H2,(H,19,20). The molecule has 0 fully saturated rings. The van der Waals surface area contributed by atoms with Crippen molar-refractivity contribution in [1.82, 2.24) is 4.98 Å². The number of carboxylic acid groups (broad SMARTS) is 1. The highest BCUT2D eigenvalue weighted by atomic mass is 16.4. The van der Waals surface area contributed by atoms with Gasteiger partial charge >= 0.3 is 5.97 Å². The molecule has 1 aliphatic heterocycles. The van der Waals surface area contributed by atoms with Crippen LogP contribution in [0.2, 0.25) is 0 Å². The second-order valence-corrected chi connectivity index (χ2v) is 4.88. The molecule has 5 nitrogen and oxygen atoms in total. The maximum atomic E-state index is 11.1. The van der Waals surface area contributed by atoms with Crippen LogP contribution in [0.5, 0.6) is 0 Å². The summed E-state index contributed by atoms with van der Waals surface area (Å²) in [5.74, 6) is -0.366. The minimum atomic E-state index is -1.02. The van der Waals surface area contributed by atoms with Gasteiger partial charge in [0.2, 0.25) is 0 Å². The van der Waals surface area contributed by atoms with E-state index in [1.807, 2.05) is 12.1 Å². The molecule has 3 rings (SSSR count). The highest BCUT2D eigenvalue weighted by Gasteiger charge is 2.19. The molecule has 0 atom stereocenters. The minimum Gasteiger partial charge on any atom is -0.478 e. The number of nitrogens with zero attached hydrogens (tertiary/aromatic N) is 2. The van der Waals surface area contributed by atoms with E-state index in [1.54, 1.807) is 6.07 Å². The maximum Gasteiger partial charge on any atom is 0.337 e. The molecule has 1 aromatic heterocycles. The molecular weight excluding hydrogens is 254 g/mol. The third kappa shape index (κ3) is 2.18. The number of hydrogen-bond acceptors (Lipinski definition) is 4. The van der Waals surface area contributed by atoms with Crippen LogP contribution in [0, 0.1) is 0 Å². The Bertz CT molecular complexity index is 670. The van der Waals surface area contributed by atoms with Gasteiger partial charge in [-0.05, 0) is 23.6 Å². The summed E-state index contributed by atoms with van der Waals surface area (Å²) >= 11 is 0. The molecule has 102 valence electrons. The summed E-state index contributed by atoms with van der Waals surface area (Å²) in [5, 5.41) is 9.12. The monoisotopic (exact) mass is 269 g/mol. The van der Waals surface area contributed by atoms with Crippen molar-refractivity contribution in [3.05, 3.63) is 53.2 Å². The number of carbonyl (C=O) groups is 1. The van der Waals surface area contributed by atoms with E-state index in [-0.39, 0.29) is 11.3 Å². The Hall–Kier alpha value is -2.56. The van der Waals surface area contributed by atoms with Crippen LogP contribution in [0.15, 0.2) is 36.5 Å². The average Bonchev–Trinajstić information content (AvgIpc) is 2.47. The van der Waals surface area contributed by atoms with Crippen molar-refractivity contribution in [3.63, 3.8) is 0 Å². The molecule has 0 saturated heterocycles. The number of aromatic carboxylic acids is 1. The number of benzene rings is 1. The highest BCUT2D eigenvalue weighted by molar-refractivity contribution is 5.94. The number of aromatic nitrogens is 1. The average molecular weight is 269 g/mol. The smallest absolute Gasteiger partial charge is 0.337 e. The molecule has 0 aliphatic carbocycles. The van der Waals surface area contributed by atoms with Crippen molar-refractivity contribution < 1.29 is 9.90 Å². The van der Waals surface area contributed by atoms with E-state index >= 15 is 0 Å². The second kappa shape index (κ2) is 4.85. The highest BCUT2D eigenvalue weighted by Crippen LogP contribution is 2.25. The summed E-state index contributed by atoms with van der Waals surface area (Å²) in [4.78, 5) is 17.5. The van der Waals surface area contributed by atoms with Gasteiger partial charge in [0.15, 0.2) is 0 Å². The fraction of sp³-hybridized carbons (Fsp3) is 0.200. The van der Waals surface area contributed by atoms with Crippen molar-refractivity contribution in [3.8, 4) is 0 Å². The SMILES string of the molecule is Nc1cnc(N2CCc3ccccc3C2)cc1C(=O)O. The molecule has 3 N–H and O–H groups in total. The van der Waals surface area contributed by atoms with Crippen LogP contribution in [0.25, 0.3) is 0 Å². The van der Waals surface area contributed by atoms with Crippen LogP contribution in [-0.4, -0.2) is 22.6 Å². The lowest BCUT2D eigenvalue weighted by atomic mass is 10.00. The van der Waals surface area contributed by atoms with Crippen LogP contribution >= 0.6 is 0 Å². The summed E-state index contributed by atoms with van der Waals surface area (Å²) < 4.78 is 0. The van der Waals surface area contributed by atoms with Gasteiger partial charge in [-0.3, -0.25) is 0 Å². The van der Waals surface area contributed by atoms with Gasteiger partial charge in [0.25, 0.3) is 0 Å². The summed E-state index contributed by atoms with van der Waals surface area (Å²) in [5.41, 5.74) is 8.54. The summed E-state index contributed by atoms with van der Waals surface area (Å²) in [6.07, 6.45) is 2.35. The van der Waals surface area contributed by atoms with Crippen LogP contribution in [0.1, 0.15) is 21.5 Å². The predicted octanol–water partition coefficient (Wildman–Crippen LogP) is 1.92. The van der Waals surface area contributed by atoms with E-state index in [9.17, 15) is 4.79 Å². The van der Waals surface area contributed by atoms with Gasteiger partial charge in [0.1, 0.15) is 5.82 Å². The fourth-order valence-corrected chi connectivity index (χ4v) is 2.50. The molecule has 2 heterocycles. The first-order chi connectivity index (χ1) is 9.65. The predicted molar refractivity (Wildman–Crippen MR) is 76.8 cm³/mol. The minimum absolute atomic E-state index is 0.105. The van der Waals surface area contributed by atoms with Gasteiger partial charge in [-0.15, -0.1) is 0 Å². The molecule has 1 aliphatic rings. The van der Waals surface area contributed by atoms with E-state index in [4.69, 9.17) is 10.8 Å². The van der Waals surface area contributed by atoms with Gasteiger partial charge in [0.05, 0.1) is 17.4 Å². The third-order valence-corrected chi connectivity index (χ3v) is 3.61. The Kier molecular flexibility index (Phi) is 3.02. The van der Waals surface area contributed by atoms with Crippen molar-refractivity contribution in [2.24, 2.45) is 0 Å². The third-order valence-electron chi connectivity index (χ3n) is 3.61. The summed E-state index contributed by atoms with van der Waals surface area (Å²) in [7, 11) is 0. The summed E-state index contributed by atoms with van der Waals surface area (Å²) in [6, 6.07) is 9.83. The van der Waals surface area contributed by atoms with Gasteiger partial charge < -0.3 is 15.7 Å². The molecule has 0 spiro atoms. The molecule has 0 amide bonds. The number of anilines is 2. The van der Waals surface area contributed by atoms with E-state index < -0.39 is 5.97 Å². The number of fused-ring (bicyclic) bond motifs is 1. The zero-order valence-corrected chi connectivity index (χ0v) is 10.9. The lowest BCUT2D eigenvalue weighted by Crippen LogP contribution is -2.31. The van der Waals surface area contributed by atoms with Gasteiger partial charge in [-0.25, -0.2) is 9.78 Å².